The Morgan fingerprint density at radius 1 is 1.35 bits per heavy atom. The molecule has 2 aliphatic heterocycles. The number of nitrogens with one attached hydrogen (secondary N) is 1. The number of nitrogens with zero attached hydrogens (tertiary/aromatic N) is 1. The van der Waals surface area contributed by atoms with Crippen molar-refractivity contribution < 1.29 is 77.4 Å². The van der Waals surface area contributed by atoms with E-state index < -0.39 is 46.0 Å². The second-order valence-corrected chi connectivity index (χ2v) is 8.42. The van der Waals surface area contributed by atoms with Crippen LogP contribution in [0, 0.1) is 0 Å². The van der Waals surface area contributed by atoms with Gasteiger partial charge in [0.1, 0.15) is 29.2 Å². The fraction of sp³-hybridized carbons (Fsp3) is 0.438. The molecule has 2 fully saturated rings. The number of nitrogens with two attached hydrogens (primary N) is 1. The van der Waals surface area contributed by atoms with E-state index in [1.54, 1.807) is 13.8 Å². The topological polar surface area (TPSA) is 133 Å². The first-order valence-corrected chi connectivity index (χ1v) is 8.59. The number of fused-ring (bicyclic) bond motifs is 1. The van der Waals surface area contributed by atoms with Crippen molar-refractivity contribution in [1.29, 1.82) is 0 Å². The Morgan fingerprint density at radius 2 is 1.92 bits per heavy atom. The van der Waals surface area contributed by atoms with Gasteiger partial charge in [0.2, 0.25) is 11.8 Å². The second kappa shape index (κ2) is 7.78. The molecule has 10 heteroatoms. The first-order valence-electron chi connectivity index (χ1n) is 7.71. The Balaban J connectivity index is 0.00000182. The first-order chi connectivity index (χ1) is 11.6. The van der Waals surface area contributed by atoms with Gasteiger partial charge in [-0.2, -0.15) is 0 Å². The maximum absolute atomic E-state index is 12.3. The smallest absolute Gasteiger partial charge is 1.00 e. The van der Waals surface area contributed by atoms with Crippen molar-refractivity contribution in [2.75, 3.05) is 0 Å². The number of aliphatic carboxylic acids is 1. The normalized spacial score (nSPS) is 27.0. The fourth-order valence-corrected chi connectivity index (χ4v) is 4.85. The van der Waals surface area contributed by atoms with Crippen molar-refractivity contribution in [2.45, 2.75) is 42.1 Å². The van der Waals surface area contributed by atoms with Crippen LogP contribution in [-0.4, -0.2) is 55.1 Å². The Labute approximate surface area is 198 Å². The summed E-state index contributed by atoms with van der Waals surface area (Å²) in [7, 11) is 0. The summed E-state index contributed by atoms with van der Waals surface area (Å²) in [6.07, 6.45) is 0. The van der Waals surface area contributed by atoms with Gasteiger partial charge >= 0.3 is 57.4 Å². The molecule has 2 saturated heterocycles. The van der Waals surface area contributed by atoms with E-state index in [1.807, 2.05) is 0 Å². The molecule has 2 heterocycles. The zero-order valence-electron chi connectivity index (χ0n) is 15.7. The average Bonchev–Trinajstić information content (AvgIpc) is 2.80. The van der Waals surface area contributed by atoms with Crippen LogP contribution in [0.15, 0.2) is 24.3 Å². The Kier molecular flexibility index (Phi) is 6.49. The van der Waals surface area contributed by atoms with Crippen LogP contribution < -0.4 is 62.4 Å². The third-order valence-electron chi connectivity index (χ3n) is 4.51. The van der Waals surface area contributed by atoms with Gasteiger partial charge in [0.15, 0.2) is 0 Å². The maximum Gasteiger partial charge on any atom is 1.00 e. The molecule has 2 amide bonds. The molecule has 2 aliphatic rings. The summed E-state index contributed by atoms with van der Waals surface area (Å²) < 4.78 is -0.648. The number of aromatic hydroxyl groups is 1. The van der Waals surface area contributed by atoms with Crippen LogP contribution in [0.5, 0.6) is 5.75 Å². The Hall–Kier alpha value is -0.624. The minimum absolute atomic E-state index is 0. The molecule has 0 aromatic heterocycles. The molecule has 0 aliphatic carbocycles. The van der Waals surface area contributed by atoms with Crippen molar-refractivity contribution >= 4 is 29.5 Å². The molecule has 0 spiro atoms. The molecule has 0 radical (unpaired) electrons. The number of hydrogen-bond donors (Lipinski definition) is 4. The number of rotatable bonds is 4. The minimum Gasteiger partial charge on any atom is -1.00 e. The molecular weight excluding hydrogens is 385 g/mol. The quantitative estimate of drug-likeness (QED) is 0.313. The minimum atomic E-state index is -1.06. The van der Waals surface area contributed by atoms with E-state index in [1.165, 1.54) is 40.9 Å². The van der Waals surface area contributed by atoms with Crippen molar-refractivity contribution in [3.05, 3.63) is 29.8 Å². The summed E-state index contributed by atoms with van der Waals surface area (Å²) in [4.78, 5) is 37.5. The van der Waals surface area contributed by atoms with Crippen LogP contribution in [0.3, 0.4) is 0 Å². The molecule has 26 heavy (non-hydrogen) atoms. The van der Waals surface area contributed by atoms with E-state index in [0.717, 1.165) is 0 Å². The van der Waals surface area contributed by atoms with Gasteiger partial charge in [-0.25, -0.2) is 4.79 Å². The van der Waals surface area contributed by atoms with Gasteiger partial charge in [0.25, 0.3) is 0 Å². The van der Waals surface area contributed by atoms with E-state index in [9.17, 15) is 24.6 Å². The largest absolute Gasteiger partial charge is 1.00 e. The van der Waals surface area contributed by atoms with Gasteiger partial charge in [0.05, 0.1) is 0 Å². The van der Waals surface area contributed by atoms with E-state index in [4.69, 9.17) is 5.73 Å². The number of benzene rings is 1. The zero-order valence-corrected chi connectivity index (χ0v) is 18.6. The predicted octanol–water partition coefficient (Wildman–Crippen LogP) is -2.86. The van der Waals surface area contributed by atoms with Crippen LogP contribution in [0.2, 0.25) is 0 Å². The van der Waals surface area contributed by atoms with Gasteiger partial charge in [-0.15, -0.1) is 11.8 Å². The number of carbonyl (C=O) groups excluding carboxylic acids is 2. The molecule has 1 unspecified atom stereocenters. The molecule has 5 N–H and O–H groups in total. The Morgan fingerprint density at radius 3 is 2.46 bits per heavy atom. The fourth-order valence-electron chi connectivity index (χ4n) is 3.22. The van der Waals surface area contributed by atoms with E-state index in [0.29, 0.717) is 5.56 Å². The van der Waals surface area contributed by atoms with E-state index in [-0.39, 0.29) is 58.6 Å². The molecule has 1 aromatic rings. The molecular formula is C16H20KN3O5S. The van der Waals surface area contributed by atoms with Crippen molar-refractivity contribution in [3.8, 4) is 5.75 Å². The third kappa shape index (κ3) is 3.68. The molecule has 136 valence electrons. The van der Waals surface area contributed by atoms with Crippen LogP contribution in [0.1, 0.15) is 26.9 Å². The zero-order chi connectivity index (χ0) is 18.5. The van der Waals surface area contributed by atoms with Gasteiger partial charge in [0, 0.05) is 4.75 Å². The molecule has 0 bridgehead atoms. The summed E-state index contributed by atoms with van der Waals surface area (Å²) in [6.45, 7) is 3.53. The number of carbonyl (C=O) groups is 3. The van der Waals surface area contributed by atoms with Crippen molar-refractivity contribution in [1.82, 2.24) is 10.2 Å². The number of carboxylic acid groups (broad SMARTS) is 1. The van der Waals surface area contributed by atoms with Gasteiger partial charge < -0.3 is 27.6 Å². The van der Waals surface area contributed by atoms with Gasteiger partial charge in [-0.05, 0) is 31.5 Å². The molecule has 0 saturated carbocycles. The summed E-state index contributed by atoms with van der Waals surface area (Å²) in [5.74, 6) is -1.94. The number of hydrogen-bond acceptors (Lipinski definition) is 6. The van der Waals surface area contributed by atoms with Crippen LogP contribution >= 0.6 is 11.8 Å². The molecule has 3 rings (SSSR count). The number of amides is 2. The Bertz CT molecular complexity index is 748. The summed E-state index contributed by atoms with van der Waals surface area (Å²) >= 11 is 1.35. The monoisotopic (exact) mass is 405 g/mol. The number of β-lactam (4-membered cyclic amide) rings is 1. The van der Waals surface area contributed by atoms with E-state index in [2.05, 4.69) is 5.32 Å². The van der Waals surface area contributed by atoms with Crippen LogP contribution in [-0.2, 0) is 14.4 Å². The second-order valence-electron chi connectivity index (χ2n) is 6.65. The number of thioether (sulfide) groups is 1. The summed E-state index contributed by atoms with van der Waals surface area (Å²) in [6, 6.07) is 3.21. The van der Waals surface area contributed by atoms with Crippen molar-refractivity contribution in [2.24, 2.45) is 5.73 Å². The SMILES string of the molecule is CC1(C)S[C@@H]2[C@H](NC(=O)C(N)c3ccc(O)cc3)C(=O)N2[C@H]1C(=O)O.[H-].[K+]. The maximum atomic E-state index is 12.3. The average molecular weight is 406 g/mol. The first kappa shape index (κ1) is 21.7. The number of carboxylic acids is 1. The summed E-state index contributed by atoms with van der Waals surface area (Å²) in [5, 5.41) is 20.9. The van der Waals surface area contributed by atoms with Crippen molar-refractivity contribution in [3.63, 3.8) is 0 Å². The number of phenols is 1. The van der Waals surface area contributed by atoms with Gasteiger partial charge in [-0.3, -0.25) is 9.59 Å². The van der Waals surface area contributed by atoms with Gasteiger partial charge in [-0.1, -0.05) is 12.1 Å². The molecule has 1 aromatic carbocycles. The van der Waals surface area contributed by atoms with Crippen LogP contribution in [0.25, 0.3) is 0 Å². The molecule has 8 nitrogen and oxygen atoms in total. The van der Waals surface area contributed by atoms with Crippen LogP contribution in [0.4, 0.5) is 0 Å². The third-order valence-corrected chi connectivity index (χ3v) is 6.08. The predicted molar refractivity (Wildman–Crippen MR) is 91.8 cm³/mol. The summed E-state index contributed by atoms with van der Waals surface area (Å²) in [5.41, 5.74) is 6.41. The van der Waals surface area contributed by atoms with E-state index >= 15 is 0 Å². The number of phenolic OH excluding ortho intramolecular Hbond substituents is 1. The standard InChI is InChI=1S/C16H19N3O5S.K.H/c1-16(2)11(15(23)24)19-13(22)10(14(19)25-16)18-12(21)9(17)7-3-5-8(20)6-4-7;;/h3-6,9-11,14,20H,17H2,1-2H3,(H,18,21)(H,23,24);;/q;+1;-1/t9?,10-,11+,14-;;/m1../s1. The molecule has 4 atom stereocenters.